The van der Waals surface area contributed by atoms with E-state index in [1.807, 2.05) is 30.3 Å². The SMILES string of the molecule is O=S(=O)(c1ccc2c(c1)CCC2)N1CCCC(CCc2noc(-c3ccccn3)n2)C1. The molecule has 8 heteroatoms. The van der Waals surface area contributed by atoms with Crippen LogP contribution in [-0.4, -0.2) is 40.9 Å². The number of piperidine rings is 1. The summed E-state index contributed by atoms with van der Waals surface area (Å²) in [5.74, 6) is 1.34. The van der Waals surface area contributed by atoms with Crippen LogP contribution in [-0.2, 0) is 29.3 Å². The largest absolute Gasteiger partial charge is 0.332 e. The number of hydrogen-bond donors (Lipinski definition) is 0. The molecule has 0 bridgehead atoms. The summed E-state index contributed by atoms with van der Waals surface area (Å²) in [6.07, 6.45) is 8.22. The maximum absolute atomic E-state index is 13.2. The van der Waals surface area contributed by atoms with Gasteiger partial charge in [-0.15, -0.1) is 0 Å². The quantitative estimate of drug-likeness (QED) is 0.584. The number of benzene rings is 1. The van der Waals surface area contributed by atoms with Gasteiger partial charge in [-0.2, -0.15) is 9.29 Å². The second-order valence-electron chi connectivity index (χ2n) is 8.42. The summed E-state index contributed by atoms with van der Waals surface area (Å²) >= 11 is 0. The zero-order valence-corrected chi connectivity index (χ0v) is 18.2. The van der Waals surface area contributed by atoms with Gasteiger partial charge in [-0.25, -0.2) is 8.42 Å². The number of fused-ring (bicyclic) bond motifs is 1. The molecule has 0 saturated carbocycles. The van der Waals surface area contributed by atoms with E-state index in [2.05, 4.69) is 15.1 Å². The minimum absolute atomic E-state index is 0.287. The number of aromatic nitrogens is 3. The fourth-order valence-corrected chi connectivity index (χ4v) is 6.23. The molecule has 7 nitrogen and oxygen atoms in total. The van der Waals surface area contributed by atoms with Crippen molar-refractivity contribution in [1.29, 1.82) is 0 Å². The van der Waals surface area contributed by atoms with Gasteiger partial charge in [0.05, 0.1) is 4.90 Å². The molecule has 1 aliphatic carbocycles. The lowest BCUT2D eigenvalue weighted by Crippen LogP contribution is -2.40. The van der Waals surface area contributed by atoms with Gasteiger partial charge in [0, 0.05) is 25.7 Å². The van der Waals surface area contributed by atoms with Crippen LogP contribution in [0.25, 0.3) is 11.6 Å². The molecule has 0 radical (unpaired) electrons. The van der Waals surface area contributed by atoms with Crippen LogP contribution >= 0.6 is 0 Å². The van der Waals surface area contributed by atoms with E-state index < -0.39 is 10.0 Å². The van der Waals surface area contributed by atoms with Crippen molar-refractivity contribution in [3.63, 3.8) is 0 Å². The number of aryl methyl sites for hydroxylation is 3. The first kappa shape index (κ1) is 20.3. The summed E-state index contributed by atoms with van der Waals surface area (Å²) in [5, 5.41) is 4.07. The van der Waals surface area contributed by atoms with Gasteiger partial charge in [0.1, 0.15) is 5.69 Å². The van der Waals surface area contributed by atoms with E-state index in [0.29, 0.717) is 41.8 Å². The normalized spacial score (nSPS) is 19.4. The van der Waals surface area contributed by atoms with E-state index in [9.17, 15) is 8.42 Å². The van der Waals surface area contributed by atoms with Crippen molar-refractivity contribution >= 4 is 10.0 Å². The highest BCUT2D eigenvalue weighted by atomic mass is 32.2. The van der Waals surface area contributed by atoms with E-state index in [-0.39, 0.29) is 5.92 Å². The smallest absolute Gasteiger partial charge is 0.276 e. The Kier molecular flexibility index (Phi) is 5.58. The van der Waals surface area contributed by atoms with Crippen LogP contribution < -0.4 is 0 Å². The molecule has 162 valence electrons. The summed E-state index contributed by atoms with van der Waals surface area (Å²) < 4.78 is 33.5. The Morgan fingerprint density at radius 2 is 2.00 bits per heavy atom. The summed E-state index contributed by atoms with van der Waals surface area (Å²) in [6, 6.07) is 11.2. The first-order chi connectivity index (χ1) is 15.1. The molecule has 31 heavy (non-hydrogen) atoms. The monoisotopic (exact) mass is 438 g/mol. The molecule has 0 spiro atoms. The second-order valence-corrected chi connectivity index (χ2v) is 10.4. The summed E-state index contributed by atoms with van der Waals surface area (Å²) in [6.45, 7) is 1.13. The molecule has 1 aromatic carbocycles. The molecule has 2 aromatic heterocycles. The standard InChI is InChI=1S/C23H26N4O3S/c28-31(29,20-11-10-18-6-3-7-19(18)15-20)27-14-4-5-17(16-27)9-12-22-25-23(30-26-22)21-8-1-2-13-24-21/h1-2,8,10-11,13,15,17H,3-7,9,12,14,16H2. The lowest BCUT2D eigenvalue weighted by atomic mass is 9.94. The van der Waals surface area contributed by atoms with Gasteiger partial charge in [-0.3, -0.25) is 4.98 Å². The Morgan fingerprint density at radius 1 is 1.10 bits per heavy atom. The molecule has 3 heterocycles. The van der Waals surface area contributed by atoms with Gasteiger partial charge in [-0.1, -0.05) is 17.3 Å². The molecule has 5 rings (SSSR count). The molecule has 0 amide bonds. The third-order valence-corrected chi connectivity index (χ3v) is 8.18. The van der Waals surface area contributed by atoms with Crippen molar-refractivity contribution in [3.8, 4) is 11.6 Å². The van der Waals surface area contributed by atoms with E-state index in [4.69, 9.17) is 4.52 Å². The average Bonchev–Trinajstić information content (AvgIpc) is 3.47. The summed E-state index contributed by atoms with van der Waals surface area (Å²) in [5.41, 5.74) is 3.14. The van der Waals surface area contributed by atoms with Crippen LogP contribution in [0.2, 0.25) is 0 Å². The molecule has 0 N–H and O–H groups in total. The molecular formula is C23H26N4O3S. The van der Waals surface area contributed by atoms with Crippen molar-refractivity contribution in [3.05, 3.63) is 59.5 Å². The third-order valence-electron chi connectivity index (χ3n) is 6.32. The number of rotatable bonds is 6. The highest BCUT2D eigenvalue weighted by Gasteiger charge is 2.31. The lowest BCUT2D eigenvalue weighted by Gasteiger charge is -2.32. The second kappa shape index (κ2) is 8.51. The molecular weight excluding hydrogens is 412 g/mol. The Hall–Kier alpha value is -2.58. The van der Waals surface area contributed by atoms with Crippen molar-refractivity contribution in [2.45, 2.75) is 49.8 Å². The van der Waals surface area contributed by atoms with Gasteiger partial charge < -0.3 is 4.52 Å². The summed E-state index contributed by atoms with van der Waals surface area (Å²) in [7, 11) is -3.46. The fourth-order valence-electron chi connectivity index (χ4n) is 4.62. The average molecular weight is 439 g/mol. The highest BCUT2D eigenvalue weighted by Crippen LogP contribution is 2.29. The molecule has 3 aromatic rings. The van der Waals surface area contributed by atoms with Crippen molar-refractivity contribution < 1.29 is 12.9 Å². The van der Waals surface area contributed by atoms with Crippen molar-refractivity contribution in [2.75, 3.05) is 13.1 Å². The predicted molar refractivity (Wildman–Crippen MR) is 116 cm³/mol. The van der Waals surface area contributed by atoms with Crippen LogP contribution in [0.1, 0.15) is 42.6 Å². The van der Waals surface area contributed by atoms with E-state index in [1.165, 1.54) is 11.1 Å². The van der Waals surface area contributed by atoms with E-state index >= 15 is 0 Å². The topological polar surface area (TPSA) is 89.2 Å². The molecule has 1 atom stereocenters. The predicted octanol–water partition coefficient (Wildman–Crippen LogP) is 3.65. The first-order valence-electron chi connectivity index (χ1n) is 11.0. The molecule has 1 saturated heterocycles. The molecule has 1 aliphatic heterocycles. The molecule has 2 aliphatic rings. The molecule has 1 fully saturated rings. The Balaban J connectivity index is 1.23. The first-order valence-corrected chi connectivity index (χ1v) is 12.4. The van der Waals surface area contributed by atoms with Crippen molar-refractivity contribution in [2.24, 2.45) is 5.92 Å². The zero-order chi connectivity index (χ0) is 21.3. The maximum atomic E-state index is 13.2. The number of hydrogen-bond acceptors (Lipinski definition) is 6. The number of pyridine rings is 1. The van der Waals surface area contributed by atoms with Crippen LogP contribution in [0.5, 0.6) is 0 Å². The third kappa shape index (κ3) is 4.27. The fraction of sp³-hybridized carbons (Fsp3) is 0.435. The van der Waals surface area contributed by atoms with Crippen LogP contribution in [0.3, 0.4) is 0 Å². The summed E-state index contributed by atoms with van der Waals surface area (Å²) in [4.78, 5) is 9.11. The van der Waals surface area contributed by atoms with Gasteiger partial charge >= 0.3 is 0 Å². The van der Waals surface area contributed by atoms with E-state index in [1.54, 1.807) is 16.6 Å². The van der Waals surface area contributed by atoms with Crippen molar-refractivity contribution in [1.82, 2.24) is 19.4 Å². The van der Waals surface area contributed by atoms with Crippen LogP contribution in [0.4, 0.5) is 0 Å². The van der Waals surface area contributed by atoms with Gasteiger partial charge in [0.15, 0.2) is 5.82 Å². The lowest BCUT2D eigenvalue weighted by molar-refractivity contribution is 0.254. The van der Waals surface area contributed by atoms with Gasteiger partial charge in [-0.05, 0) is 79.8 Å². The van der Waals surface area contributed by atoms with Gasteiger partial charge in [0.25, 0.3) is 5.89 Å². The minimum atomic E-state index is -3.46. The Bertz CT molecular complexity index is 1160. The van der Waals surface area contributed by atoms with E-state index in [0.717, 1.165) is 38.5 Å². The Morgan fingerprint density at radius 3 is 2.87 bits per heavy atom. The van der Waals surface area contributed by atoms with Gasteiger partial charge in [0.2, 0.25) is 10.0 Å². The zero-order valence-electron chi connectivity index (χ0n) is 17.4. The highest BCUT2D eigenvalue weighted by molar-refractivity contribution is 7.89. The van der Waals surface area contributed by atoms with Crippen LogP contribution in [0.15, 0.2) is 52.0 Å². The Labute approximate surface area is 182 Å². The van der Waals surface area contributed by atoms with Crippen LogP contribution in [0, 0.1) is 5.92 Å². The molecule has 1 unspecified atom stereocenters. The number of nitrogens with zero attached hydrogens (tertiary/aromatic N) is 4. The number of sulfonamides is 1. The maximum Gasteiger partial charge on any atom is 0.276 e. The minimum Gasteiger partial charge on any atom is -0.332 e.